The molecule has 0 saturated heterocycles. The van der Waals surface area contributed by atoms with Crippen LogP contribution in [0.25, 0.3) is 22.0 Å². The SMILES string of the molecule is Cc1cc(-c2cc(C(=O)Oc3ccc(F)cc3)cc3ncccc23)cc(C)c1O. The summed E-state index contributed by atoms with van der Waals surface area (Å²) in [5, 5.41) is 11.0. The lowest BCUT2D eigenvalue weighted by Crippen LogP contribution is -2.09. The van der Waals surface area contributed by atoms with Crippen LogP contribution in [0.3, 0.4) is 0 Å². The maximum absolute atomic E-state index is 13.1. The van der Waals surface area contributed by atoms with E-state index >= 15 is 0 Å². The van der Waals surface area contributed by atoms with E-state index in [0.29, 0.717) is 11.1 Å². The molecule has 0 bridgehead atoms. The number of carbonyl (C=O) groups excluding carboxylic acids is 1. The topological polar surface area (TPSA) is 59.4 Å². The number of fused-ring (bicyclic) bond motifs is 1. The molecule has 0 radical (unpaired) electrons. The van der Waals surface area contributed by atoms with Crippen LogP contribution >= 0.6 is 0 Å². The summed E-state index contributed by atoms with van der Waals surface area (Å²) in [5.41, 5.74) is 4.16. The Kier molecular flexibility index (Phi) is 4.72. The first kappa shape index (κ1) is 18.6. The summed E-state index contributed by atoms with van der Waals surface area (Å²) in [7, 11) is 0. The molecule has 0 atom stereocenters. The van der Waals surface area contributed by atoms with Gasteiger partial charge >= 0.3 is 5.97 Å². The molecule has 5 heteroatoms. The minimum absolute atomic E-state index is 0.253. The van der Waals surface area contributed by atoms with Crippen molar-refractivity contribution < 1.29 is 19.0 Å². The fourth-order valence-corrected chi connectivity index (χ4v) is 3.32. The highest BCUT2D eigenvalue weighted by Gasteiger charge is 2.15. The fourth-order valence-electron chi connectivity index (χ4n) is 3.32. The highest BCUT2D eigenvalue weighted by Crippen LogP contribution is 2.34. The maximum Gasteiger partial charge on any atom is 0.343 e. The largest absolute Gasteiger partial charge is 0.507 e. The van der Waals surface area contributed by atoms with Gasteiger partial charge in [-0.3, -0.25) is 4.98 Å². The van der Waals surface area contributed by atoms with Crippen molar-refractivity contribution in [3.63, 3.8) is 0 Å². The molecule has 29 heavy (non-hydrogen) atoms. The molecule has 4 nitrogen and oxygen atoms in total. The van der Waals surface area contributed by atoms with Crippen LogP contribution < -0.4 is 4.74 Å². The Labute approximate surface area is 167 Å². The van der Waals surface area contributed by atoms with Crippen LogP contribution in [0, 0.1) is 19.7 Å². The summed E-state index contributed by atoms with van der Waals surface area (Å²) in [6, 6.07) is 16.2. The van der Waals surface area contributed by atoms with E-state index in [9.17, 15) is 14.3 Å². The number of esters is 1. The molecular formula is C24H18FNO3. The Morgan fingerprint density at radius 3 is 2.38 bits per heavy atom. The number of aromatic hydroxyl groups is 1. The second-order valence-electron chi connectivity index (χ2n) is 6.90. The molecule has 0 aliphatic carbocycles. The molecule has 0 amide bonds. The summed E-state index contributed by atoms with van der Waals surface area (Å²) in [4.78, 5) is 17.1. The number of nitrogens with zero attached hydrogens (tertiary/aromatic N) is 1. The third-order valence-electron chi connectivity index (χ3n) is 4.78. The molecule has 1 aromatic heterocycles. The quantitative estimate of drug-likeness (QED) is 0.368. The van der Waals surface area contributed by atoms with Crippen molar-refractivity contribution in [1.82, 2.24) is 4.98 Å². The monoisotopic (exact) mass is 387 g/mol. The van der Waals surface area contributed by atoms with E-state index < -0.39 is 11.8 Å². The van der Waals surface area contributed by atoms with Gasteiger partial charge < -0.3 is 9.84 Å². The smallest absolute Gasteiger partial charge is 0.343 e. The van der Waals surface area contributed by atoms with E-state index in [4.69, 9.17) is 4.74 Å². The van der Waals surface area contributed by atoms with Crippen molar-refractivity contribution in [2.24, 2.45) is 0 Å². The number of ether oxygens (including phenoxy) is 1. The summed E-state index contributed by atoms with van der Waals surface area (Å²) in [6.07, 6.45) is 1.66. The van der Waals surface area contributed by atoms with Crippen LogP contribution in [0.4, 0.5) is 4.39 Å². The Balaban J connectivity index is 1.82. The molecule has 0 aliphatic heterocycles. The van der Waals surface area contributed by atoms with Crippen molar-refractivity contribution in [3.05, 3.63) is 89.4 Å². The summed E-state index contributed by atoms with van der Waals surface area (Å²) in [6.45, 7) is 3.66. The molecule has 0 aliphatic rings. The highest BCUT2D eigenvalue weighted by molar-refractivity contribution is 6.02. The van der Waals surface area contributed by atoms with E-state index in [1.165, 1.54) is 24.3 Å². The number of carbonyl (C=O) groups is 1. The Morgan fingerprint density at radius 1 is 1.00 bits per heavy atom. The summed E-state index contributed by atoms with van der Waals surface area (Å²) in [5.74, 6) is -0.448. The molecule has 4 aromatic rings. The summed E-state index contributed by atoms with van der Waals surface area (Å²) < 4.78 is 18.5. The van der Waals surface area contributed by atoms with E-state index in [1.54, 1.807) is 18.3 Å². The average molecular weight is 387 g/mol. The van der Waals surface area contributed by atoms with Gasteiger partial charge in [0.15, 0.2) is 0 Å². The zero-order valence-corrected chi connectivity index (χ0v) is 15.9. The van der Waals surface area contributed by atoms with Crippen molar-refractivity contribution in [2.45, 2.75) is 13.8 Å². The number of aryl methyl sites for hydroxylation is 2. The van der Waals surface area contributed by atoms with E-state index in [1.807, 2.05) is 38.1 Å². The lowest BCUT2D eigenvalue weighted by Gasteiger charge is -2.13. The highest BCUT2D eigenvalue weighted by atomic mass is 19.1. The van der Waals surface area contributed by atoms with Crippen molar-refractivity contribution in [3.8, 4) is 22.6 Å². The van der Waals surface area contributed by atoms with Gasteiger partial charge in [-0.25, -0.2) is 9.18 Å². The van der Waals surface area contributed by atoms with Crippen LogP contribution in [0.5, 0.6) is 11.5 Å². The first-order valence-corrected chi connectivity index (χ1v) is 9.09. The molecule has 1 heterocycles. The van der Waals surface area contributed by atoms with Gasteiger partial charge in [-0.1, -0.05) is 6.07 Å². The zero-order chi connectivity index (χ0) is 20.5. The molecular weight excluding hydrogens is 369 g/mol. The van der Waals surface area contributed by atoms with Crippen LogP contribution in [0.1, 0.15) is 21.5 Å². The van der Waals surface area contributed by atoms with Crippen LogP contribution in [0.15, 0.2) is 66.9 Å². The Morgan fingerprint density at radius 2 is 1.69 bits per heavy atom. The number of phenolic OH excluding ortho intramolecular Hbond substituents is 1. The molecule has 0 fully saturated rings. The van der Waals surface area contributed by atoms with Gasteiger partial charge in [-0.15, -0.1) is 0 Å². The Hall–Kier alpha value is -3.73. The van der Waals surface area contributed by atoms with Crippen molar-refractivity contribution in [1.29, 1.82) is 0 Å². The normalized spacial score (nSPS) is 10.9. The first-order valence-electron chi connectivity index (χ1n) is 9.09. The summed E-state index contributed by atoms with van der Waals surface area (Å²) >= 11 is 0. The standard InChI is InChI=1S/C24H18FNO3/c1-14-10-16(11-15(2)23(14)27)21-12-17(13-22-20(21)4-3-9-26-22)24(28)29-19-7-5-18(25)6-8-19/h3-13,27H,1-2H3. The molecule has 0 spiro atoms. The van der Waals surface area contributed by atoms with Gasteiger partial charge in [-0.2, -0.15) is 0 Å². The fraction of sp³-hybridized carbons (Fsp3) is 0.0833. The predicted molar refractivity (Wildman–Crippen MR) is 110 cm³/mol. The average Bonchev–Trinajstić information content (AvgIpc) is 2.72. The third-order valence-corrected chi connectivity index (χ3v) is 4.78. The van der Waals surface area contributed by atoms with E-state index in [-0.39, 0.29) is 11.5 Å². The van der Waals surface area contributed by atoms with Gasteiger partial charge in [0, 0.05) is 11.6 Å². The lowest BCUT2D eigenvalue weighted by atomic mass is 9.95. The van der Waals surface area contributed by atoms with Crippen molar-refractivity contribution in [2.75, 3.05) is 0 Å². The van der Waals surface area contributed by atoms with Crippen LogP contribution in [0.2, 0.25) is 0 Å². The maximum atomic E-state index is 13.1. The van der Waals surface area contributed by atoms with Gasteiger partial charge in [-0.05, 0) is 90.7 Å². The van der Waals surface area contributed by atoms with E-state index in [2.05, 4.69) is 4.98 Å². The number of halogens is 1. The number of phenols is 1. The Bertz CT molecular complexity index is 1210. The number of hydrogen-bond acceptors (Lipinski definition) is 4. The first-order chi connectivity index (χ1) is 13.9. The molecule has 144 valence electrons. The number of aromatic nitrogens is 1. The van der Waals surface area contributed by atoms with Gasteiger partial charge in [0.25, 0.3) is 0 Å². The van der Waals surface area contributed by atoms with Gasteiger partial charge in [0.1, 0.15) is 17.3 Å². The lowest BCUT2D eigenvalue weighted by molar-refractivity contribution is 0.0734. The second kappa shape index (κ2) is 7.36. The minimum atomic E-state index is -0.558. The minimum Gasteiger partial charge on any atom is -0.507 e. The van der Waals surface area contributed by atoms with Crippen LogP contribution in [-0.4, -0.2) is 16.1 Å². The molecule has 4 rings (SSSR count). The van der Waals surface area contributed by atoms with Gasteiger partial charge in [0.05, 0.1) is 11.1 Å². The predicted octanol–water partition coefficient (Wildman–Crippen LogP) is 5.58. The molecule has 1 N–H and O–H groups in total. The third kappa shape index (κ3) is 3.67. The van der Waals surface area contributed by atoms with Crippen molar-refractivity contribution >= 4 is 16.9 Å². The molecule has 0 unspecified atom stereocenters. The second-order valence-corrected chi connectivity index (χ2v) is 6.90. The molecule has 3 aromatic carbocycles. The van der Waals surface area contributed by atoms with E-state index in [0.717, 1.165) is 27.6 Å². The van der Waals surface area contributed by atoms with Gasteiger partial charge in [0.2, 0.25) is 0 Å². The number of benzene rings is 3. The zero-order valence-electron chi connectivity index (χ0n) is 15.9. The number of pyridine rings is 1. The van der Waals surface area contributed by atoms with Crippen LogP contribution in [-0.2, 0) is 0 Å². The number of hydrogen-bond donors (Lipinski definition) is 1. The number of rotatable bonds is 3. The molecule has 0 saturated carbocycles.